The fraction of sp³-hybridized carbons (Fsp3) is 0.917. The van der Waals surface area contributed by atoms with Gasteiger partial charge in [-0.15, -0.1) is 0 Å². The minimum atomic E-state index is -0.0985. The van der Waals surface area contributed by atoms with Crippen LogP contribution in [0.5, 0.6) is 0 Å². The van der Waals surface area contributed by atoms with Crippen molar-refractivity contribution in [2.24, 2.45) is 0 Å². The van der Waals surface area contributed by atoms with Crippen LogP contribution in [0.4, 0.5) is 0 Å². The van der Waals surface area contributed by atoms with E-state index in [1.807, 2.05) is 0 Å². The Morgan fingerprint density at radius 3 is 2.88 bits per heavy atom. The van der Waals surface area contributed by atoms with E-state index in [-0.39, 0.29) is 11.5 Å². The molecule has 1 N–H and O–H groups in total. The lowest BCUT2D eigenvalue weighted by molar-refractivity contribution is -0.142. The molecule has 0 radical (unpaired) electrons. The number of methoxy groups -OCH3 is 1. The maximum Gasteiger partial charge on any atom is 0.307 e. The molecule has 1 saturated heterocycles. The molecule has 2 aliphatic rings. The van der Waals surface area contributed by atoms with Gasteiger partial charge in [-0.25, -0.2) is 0 Å². The zero-order valence-electron chi connectivity index (χ0n) is 10.3. The number of carbonyl (C=O) groups excluding carboxylic acids is 1. The van der Waals surface area contributed by atoms with Gasteiger partial charge >= 0.3 is 5.97 Å². The summed E-state index contributed by atoms with van der Waals surface area (Å²) in [7, 11) is 1.47. The van der Waals surface area contributed by atoms with E-state index in [0.717, 1.165) is 32.1 Å². The number of nitrogens with one attached hydrogen (secondary N) is 1. The summed E-state index contributed by atoms with van der Waals surface area (Å²) < 4.78 is 4.80. The van der Waals surface area contributed by atoms with E-state index in [4.69, 9.17) is 4.74 Å². The van der Waals surface area contributed by atoms with Crippen molar-refractivity contribution >= 4 is 5.97 Å². The van der Waals surface area contributed by atoms with E-state index in [9.17, 15) is 4.79 Å². The van der Waals surface area contributed by atoms with Crippen LogP contribution in [-0.2, 0) is 9.53 Å². The van der Waals surface area contributed by atoms with Gasteiger partial charge in [0.05, 0.1) is 13.5 Å². The van der Waals surface area contributed by atoms with Crippen LogP contribution < -0.4 is 5.32 Å². The van der Waals surface area contributed by atoms with Crippen LogP contribution >= 0.6 is 0 Å². The van der Waals surface area contributed by atoms with Crippen molar-refractivity contribution < 1.29 is 9.53 Å². The average molecular weight is 226 g/mol. The van der Waals surface area contributed by atoms with E-state index in [1.165, 1.54) is 20.0 Å². The standard InChI is InChI=1S/C12H22N2O2/c1-3-13-12(8-11(15)16-2)6-7-14(9-12)10-4-5-10/h10,13H,3-9H2,1-2H3. The van der Waals surface area contributed by atoms with Crippen LogP contribution in [0.3, 0.4) is 0 Å². The third-order valence-electron chi connectivity index (χ3n) is 3.71. The monoisotopic (exact) mass is 226 g/mol. The Morgan fingerprint density at radius 1 is 1.56 bits per heavy atom. The molecule has 0 aromatic carbocycles. The lowest BCUT2D eigenvalue weighted by Gasteiger charge is -2.29. The maximum atomic E-state index is 11.5. The second-order valence-electron chi connectivity index (χ2n) is 5.02. The number of nitrogens with zero attached hydrogens (tertiary/aromatic N) is 1. The Balaban J connectivity index is 1.95. The number of rotatable bonds is 5. The Hall–Kier alpha value is -0.610. The third-order valence-corrected chi connectivity index (χ3v) is 3.71. The van der Waals surface area contributed by atoms with Crippen molar-refractivity contribution in [1.29, 1.82) is 0 Å². The SMILES string of the molecule is CCNC1(CC(=O)OC)CCN(C2CC2)C1. The molecule has 1 unspecified atom stereocenters. The second kappa shape index (κ2) is 4.72. The summed E-state index contributed by atoms with van der Waals surface area (Å²) in [6.07, 6.45) is 4.23. The lowest BCUT2D eigenvalue weighted by Crippen LogP contribution is -2.49. The van der Waals surface area contributed by atoms with Gasteiger partial charge in [0.15, 0.2) is 0 Å². The van der Waals surface area contributed by atoms with E-state index in [2.05, 4.69) is 17.1 Å². The predicted molar refractivity (Wildman–Crippen MR) is 62.3 cm³/mol. The molecule has 2 fully saturated rings. The molecule has 1 aliphatic heterocycles. The molecule has 1 heterocycles. The summed E-state index contributed by atoms with van der Waals surface area (Å²) in [6.45, 7) is 5.13. The van der Waals surface area contributed by atoms with Gasteiger partial charge in [-0.1, -0.05) is 6.92 Å². The first-order valence-electron chi connectivity index (χ1n) is 6.25. The van der Waals surface area contributed by atoms with Gasteiger partial charge in [-0.2, -0.15) is 0 Å². The Kier molecular flexibility index (Phi) is 3.50. The summed E-state index contributed by atoms with van der Waals surface area (Å²) >= 11 is 0. The summed E-state index contributed by atoms with van der Waals surface area (Å²) in [4.78, 5) is 14.0. The number of likely N-dealkylation sites (N-methyl/N-ethyl adjacent to an activating group) is 1. The normalized spacial score (nSPS) is 30.6. The Bertz CT molecular complexity index is 266. The number of esters is 1. The number of likely N-dealkylation sites (tertiary alicyclic amines) is 1. The molecule has 0 aromatic heterocycles. The van der Waals surface area contributed by atoms with Crippen molar-refractivity contribution in [2.45, 2.75) is 44.2 Å². The second-order valence-corrected chi connectivity index (χ2v) is 5.02. The van der Waals surface area contributed by atoms with Gasteiger partial charge in [-0.3, -0.25) is 9.69 Å². The number of hydrogen-bond acceptors (Lipinski definition) is 4. The van der Waals surface area contributed by atoms with Gasteiger partial charge in [0.1, 0.15) is 0 Å². The molecule has 0 amide bonds. The zero-order valence-corrected chi connectivity index (χ0v) is 10.3. The number of carbonyl (C=O) groups is 1. The van der Waals surface area contributed by atoms with Crippen molar-refractivity contribution in [1.82, 2.24) is 10.2 Å². The van der Waals surface area contributed by atoms with Crippen LogP contribution in [0, 0.1) is 0 Å². The molecule has 0 aromatic rings. The number of hydrogen-bond donors (Lipinski definition) is 1. The van der Waals surface area contributed by atoms with Crippen LogP contribution in [0.15, 0.2) is 0 Å². The van der Waals surface area contributed by atoms with Crippen LogP contribution in [-0.4, -0.2) is 49.2 Å². The molecule has 1 saturated carbocycles. The molecule has 1 aliphatic carbocycles. The van der Waals surface area contributed by atoms with E-state index < -0.39 is 0 Å². The van der Waals surface area contributed by atoms with Gasteiger partial charge < -0.3 is 10.1 Å². The fourth-order valence-corrected chi connectivity index (χ4v) is 2.73. The highest BCUT2D eigenvalue weighted by Gasteiger charge is 2.43. The highest BCUT2D eigenvalue weighted by atomic mass is 16.5. The van der Waals surface area contributed by atoms with Gasteiger partial charge in [-0.05, 0) is 25.8 Å². The predicted octanol–water partition coefficient (Wildman–Crippen LogP) is 0.766. The van der Waals surface area contributed by atoms with Crippen molar-refractivity contribution in [3.05, 3.63) is 0 Å². The minimum Gasteiger partial charge on any atom is -0.469 e. The molecular formula is C12H22N2O2. The molecule has 4 heteroatoms. The summed E-state index contributed by atoms with van der Waals surface area (Å²) in [6, 6.07) is 0.790. The van der Waals surface area contributed by atoms with Crippen LogP contribution in [0.25, 0.3) is 0 Å². The molecular weight excluding hydrogens is 204 g/mol. The minimum absolute atomic E-state index is 0.0373. The van der Waals surface area contributed by atoms with Crippen LogP contribution in [0.1, 0.15) is 32.6 Å². The van der Waals surface area contributed by atoms with Gasteiger partial charge in [0.2, 0.25) is 0 Å². The molecule has 4 nitrogen and oxygen atoms in total. The summed E-state index contributed by atoms with van der Waals surface area (Å²) in [5.74, 6) is -0.0985. The average Bonchev–Trinajstić information content (AvgIpc) is 3.03. The largest absolute Gasteiger partial charge is 0.469 e. The molecule has 16 heavy (non-hydrogen) atoms. The van der Waals surface area contributed by atoms with E-state index in [0.29, 0.717) is 6.42 Å². The lowest BCUT2D eigenvalue weighted by atomic mass is 9.94. The Labute approximate surface area is 97.3 Å². The third kappa shape index (κ3) is 2.55. The highest BCUT2D eigenvalue weighted by Crippen LogP contribution is 2.34. The van der Waals surface area contributed by atoms with Crippen molar-refractivity contribution in [2.75, 3.05) is 26.7 Å². The fourth-order valence-electron chi connectivity index (χ4n) is 2.73. The number of ether oxygens (including phenoxy) is 1. The smallest absolute Gasteiger partial charge is 0.307 e. The summed E-state index contributed by atoms with van der Waals surface area (Å²) in [5.41, 5.74) is -0.0373. The first-order chi connectivity index (χ1) is 7.69. The van der Waals surface area contributed by atoms with E-state index in [1.54, 1.807) is 0 Å². The molecule has 0 bridgehead atoms. The molecule has 92 valence electrons. The van der Waals surface area contributed by atoms with E-state index >= 15 is 0 Å². The van der Waals surface area contributed by atoms with Gasteiger partial charge in [0, 0.05) is 24.7 Å². The van der Waals surface area contributed by atoms with Crippen LogP contribution in [0.2, 0.25) is 0 Å². The van der Waals surface area contributed by atoms with Crippen molar-refractivity contribution in [3.63, 3.8) is 0 Å². The maximum absolute atomic E-state index is 11.5. The van der Waals surface area contributed by atoms with Crippen molar-refractivity contribution in [3.8, 4) is 0 Å². The highest BCUT2D eigenvalue weighted by molar-refractivity contribution is 5.70. The molecule has 0 spiro atoms. The first-order valence-corrected chi connectivity index (χ1v) is 6.25. The molecule has 1 atom stereocenters. The quantitative estimate of drug-likeness (QED) is 0.703. The molecule has 2 rings (SSSR count). The Morgan fingerprint density at radius 2 is 2.31 bits per heavy atom. The zero-order chi connectivity index (χ0) is 11.6. The summed E-state index contributed by atoms with van der Waals surface area (Å²) in [5, 5.41) is 3.49. The van der Waals surface area contributed by atoms with Gasteiger partial charge in [0.25, 0.3) is 0 Å². The first kappa shape index (κ1) is 11.9. The topological polar surface area (TPSA) is 41.6 Å².